The molecule has 0 atom stereocenters. The molecule has 2 aromatic rings. The summed E-state index contributed by atoms with van der Waals surface area (Å²) in [5.74, 6) is 0.360. The van der Waals surface area contributed by atoms with E-state index in [2.05, 4.69) is 25.8 Å². The zero-order valence-corrected chi connectivity index (χ0v) is 13.5. The molecule has 3 N–H and O–H groups in total. The summed E-state index contributed by atoms with van der Waals surface area (Å²) in [6.45, 7) is 7.27. The summed E-state index contributed by atoms with van der Waals surface area (Å²) in [4.78, 5) is 27.2. The van der Waals surface area contributed by atoms with Crippen LogP contribution in [0.2, 0.25) is 0 Å². The van der Waals surface area contributed by atoms with Gasteiger partial charge < -0.3 is 9.47 Å². The van der Waals surface area contributed by atoms with Crippen LogP contribution in [0.25, 0.3) is 10.3 Å². The summed E-state index contributed by atoms with van der Waals surface area (Å²) in [7, 11) is 0. The molecule has 2 amide bonds. The summed E-state index contributed by atoms with van der Waals surface area (Å²) in [5.41, 5.74) is -0.226. The number of aromatic amines is 1. The standard InChI is InChI=1S/C12H17N5O4S/c1-5-20-10(18)15-9-13-7-6(22-9)8(17-16-7)14-11(19)21-12(2,3)4/h5H2,1-4H3,(H3,13,14,15,16,17,18,19). The van der Waals surface area contributed by atoms with Gasteiger partial charge in [-0.2, -0.15) is 10.1 Å². The van der Waals surface area contributed by atoms with Crippen molar-refractivity contribution in [3.8, 4) is 0 Å². The summed E-state index contributed by atoms with van der Waals surface area (Å²) in [5, 5.41) is 12.0. The van der Waals surface area contributed by atoms with Crippen molar-refractivity contribution in [1.29, 1.82) is 0 Å². The van der Waals surface area contributed by atoms with Crippen molar-refractivity contribution in [3.05, 3.63) is 0 Å². The van der Waals surface area contributed by atoms with Gasteiger partial charge >= 0.3 is 12.2 Å². The minimum atomic E-state index is -0.605. The molecule has 0 fully saturated rings. The number of nitrogens with zero attached hydrogens (tertiary/aromatic N) is 2. The maximum Gasteiger partial charge on any atom is 0.413 e. The van der Waals surface area contributed by atoms with E-state index in [1.807, 2.05) is 0 Å². The molecule has 0 radical (unpaired) electrons. The van der Waals surface area contributed by atoms with E-state index in [0.717, 1.165) is 11.3 Å². The highest BCUT2D eigenvalue weighted by atomic mass is 32.1. The smallest absolute Gasteiger partial charge is 0.413 e. The maximum atomic E-state index is 11.8. The van der Waals surface area contributed by atoms with Crippen LogP contribution in [0.15, 0.2) is 0 Å². The number of aromatic nitrogens is 3. The van der Waals surface area contributed by atoms with E-state index in [1.165, 1.54) is 0 Å². The van der Waals surface area contributed by atoms with E-state index in [9.17, 15) is 9.59 Å². The number of fused-ring (bicyclic) bond motifs is 1. The van der Waals surface area contributed by atoms with Gasteiger partial charge in [-0.05, 0) is 27.7 Å². The molecule has 0 aliphatic rings. The van der Waals surface area contributed by atoms with Crippen LogP contribution in [0, 0.1) is 0 Å². The molecule has 0 spiro atoms. The van der Waals surface area contributed by atoms with Crippen molar-refractivity contribution in [3.63, 3.8) is 0 Å². The van der Waals surface area contributed by atoms with Gasteiger partial charge in [-0.3, -0.25) is 15.7 Å². The molecule has 2 aromatic heterocycles. The molecule has 22 heavy (non-hydrogen) atoms. The topological polar surface area (TPSA) is 118 Å². The predicted octanol–water partition coefficient (Wildman–Crippen LogP) is 2.93. The Kier molecular flexibility index (Phi) is 4.50. The second-order valence-electron chi connectivity index (χ2n) is 5.24. The van der Waals surface area contributed by atoms with E-state index >= 15 is 0 Å². The number of hydrogen-bond acceptors (Lipinski definition) is 7. The minimum absolute atomic E-state index is 0.264. The van der Waals surface area contributed by atoms with Gasteiger partial charge in [-0.25, -0.2) is 9.59 Å². The Bertz CT molecular complexity index is 687. The number of carbonyl (C=O) groups is 2. The summed E-state index contributed by atoms with van der Waals surface area (Å²) < 4.78 is 10.5. The van der Waals surface area contributed by atoms with Gasteiger partial charge in [0.2, 0.25) is 0 Å². The normalized spacial score (nSPS) is 11.3. The summed E-state index contributed by atoms with van der Waals surface area (Å²) in [6.07, 6.45) is -1.20. The molecule has 2 rings (SSSR count). The molecular formula is C12H17N5O4S. The number of anilines is 2. The second-order valence-corrected chi connectivity index (χ2v) is 6.24. The fourth-order valence-corrected chi connectivity index (χ4v) is 2.35. The Morgan fingerprint density at radius 2 is 2.00 bits per heavy atom. The highest BCUT2D eigenvalue weighted by Crippen LogP contribution is 2.30. The van der Waals surface area contributed by atoms with Crippen LogP contribution in [0.3, 0.4) is 0 Å². The molecule has 9 nitrogen and oxygen atoms in total. The second kappa shape index (κ2) is 6.18. The molecule has 0 aliphatic carbocycles. The Hall–Kier alpha value is -2.36. The van der Waals surface area contributed by atoms with Crippen LogP contribution >= 0.6 is 11.3 Å². The molecule has 10 heteroatoms. The number of nitrogens with one attached hydrogen (secondary N) is 3. The first-order valence-corrected chi connectivity index (χ1v) is 7.39. The maximum absolute atomic E-state index is 11.8. The third-order valence-corrected chi connectivity index (χ3v) is 3.20. The molecular weight excluding hydrogens is 310 g/mol. The molecule has 0 unspecified atom stereocenters. The molecule has 0 aliphatic heterocycles. The van der Waals surface area contributed by atoms with Gasteiger partial charge in [0.25, 0.3) is 0 Å². The van der Waals surface area contributed by atoms with E-state index in [1.54, 1.807) is 27.7 Å². The van der Waals surface area contributed by atoms with Crippen LogP contribution in [-0.4, -0.2) is 39.6 Å². The van der Waals surface area contributed by atoms with Gasteiger partial charge in [0.05, 0.1) is 6.61 Å². The van der Waals surface area contributed by atoms with Gasteiger partial charge in [-0.1, -0.05) is 11.3 Å². The van der Waals surface area contributed by atoms with Crippen LogP contribution in [0.4, 0.5) is 20.5 Å². The molecule has 120 valence electrons. The highest BCUT2D eigenvalue weighted by Gasteiger charge is 2.19. The lowest BCUT2D eigenvalue weighted by molar-refractivity contribution is 0.0635. The number of rotatable bonds is 3. The number of amides is 2. The Labute approximate surface area is 130 Å². The van der Waals surface area contributed by atoms with Crippen molar-refractivity contribution >= 4 is 44.8 Å². The minimum Gasteiger partial charge on any atom is -0.450 e. The number of hydrogen-bond donors (Lipinski definition) is 3. The fourth-order valence-electron chi connectivity index (χ4n) is 1.51. The van der Waals surface area contributed by atoms with Gasteiger partial charge in [0.1, 0.15) is 10.3 Å². The first-order valence-electron chi connectivity index (χ1n) is 6.57. The molecule has 0 aromatic carbocycles. The van der Waals surface area contributed by atoms with E-state index in [4.69, 9.17) is 9.47 Å². The van der Waals surface area contributed by atoms with Gasteiger partial charge in [0, 0.05) is 0 Å². The Morgan fingerprint density at radius 1 is 1.27 bits per heavy atom. The third kappa shape index (κ3) is 4.07. The SMILES string of the molecule is CCOC(=O)Nc1nc2n[nH]c(NC(=O)OC(C)(C)C)c2s1. The summed E-state index contributed by atoms with van der Waals surface area (Å²) in [6, 6.07) is 0. The largest absolute Gasteiger partial charge is 0.450 e. The highest BCUT2D eigenvalue weighted by molar-refractivity contribution is 7.22. The molecule has 2 heterocycles. The Morgan fingerprint density at radius 3 is 2.64 bits per heavy atom. The number of carbonyl (C=O) groups excluding carboxylic acids is 2. The van der Waals surface area contributed by atoms with Gasteiger partial charge in [-0.15, -0.1) is 0 Å². The molecule has 0 bridgehead atoms. The number of H-pyrrole nitrogens is 1. The monoisotopic (exact) mass is 327 g/mol. The zero-order chi connectivity index (χ0) is 16.3. The van der Waals surface area contributed by atoms with Crippen LogP contribution in [0.1, 0.15) is 27.7 Å². The van der Waals surface area contributed by atoms with Crippen molar-refractivity contribution in [1.82, 2.24) is 15.2 Å². The van der Waals surface area contributed by atoms with Crippen LogP contribution in [0.5, 0.6) is 0 Å². The Balaban J connectivity index is 2.10. The summed E-state index contributed by atoms with van der Waals surface area (Å²) >= 11 is 1.16. The molecule has 0 saturated carbocycles. The van der Waals surface area contributed by atoms with Crippen molar-refractivity contribution in [2.75, 3.05) is 17.2 Å². The molecule has 0 saturated heterocycles. The van der Waals surface area contributed by atoms with E-state index in [0.29, 0.717) is 21.3 Å². The quantitative estimate of drug-likeness (QED) is 0.797. The lowest BCUT2D eigenvalue weighted by Gasteiger charge is -2.19. The van der Waals surface area contributed by atoms with Crippen LogP contribution in [-0.2, 0) is 9.47 Å². The van der Waals surface area contributed by atoms with E-state index in [-0.39, 0.29) is 6.61 Å². The van der Waals surface area contributed by atoms with Crippen molar-refractivity contribution in [2.45, 2.75) is 33.3 Å². The lowest BCUT2D eigenvalue weighted by Crippen LogP contribution is -2.27. The van der Waals surface area contributed by atoms with Crippen molar-refractivity contribution < 1.29 is 19.1 Å². The number of ether oxygens (including phenoxy) is 2. The lowest BCUT2D eigenvalue weighted by atomic mass is 10.2. The van der Waals surface area contributed by atoms with E-state index < -0.39 is 17.8 Å². The first kappa shape index (κ1) is 16.0. The zero-order valence-electron chi connectivity index (χ0n) is 12.6. The fraction of sp³-hybridized carbons (Fsp3) is 0.500. The predicted molar refractivity (Wildman–Crippen MR) is 82.3 cm³/mol. The van der Waals surface area contributed by atoms with Crippen molar-refractivity contribution in [2.24, 2.45) is 0 Å². The average Bonchev–Trinajstić information content (AvgIpc) is 2.89. The van der Waals surface area contributed by atoms with Gasteiger partial charge in [0.15, 0.2) is 16.6 Å². The first-order chi connectivity index (χ1) is 10.3. The van der Waals surface area contributed by atoms with Crippen LogP contribution < -0.4 is 10.6 Å². The third-order valence-electron chi connectivity index (χ3n) is 2.22. The number of thiazole rings is 1. The average molecular weight is 327 g/mol.